The van der Waals surface area contributed by atoms with Crippen LogP contribution in [-0.2, 0) is 11.2 Å². The molecule has 0 unspecified atom stereocenters. The third-order valence-corrected chi connectivity index (χ3v) is 4.30. The number of carbonyl (C=O) groups excluding carboxylic acids is 2. The number of hydrogen-bond acceptors (Lipinski definition) is 5. The maximum Gasteiger partial charge on any atom is 0.167 e. The zero-order chi connectivity index (χ0) is 14.9. The van der Waals surface area contributed by atoms with E-state index in [1.54, 1.807) is 6.07 Å². The van der Waals surface area contributed by atoms with Gasteiger partial charge >= 0.3 is 0 Å². The number of ketones is 1. The molecule has 20 heavy (non-hydrogen) atoms. The Hall–Kier alpha value is -1.56. The van der Waals surface area contributed by atoms with Crippen LogP contribution in [0.2, 0.25) is 0 Å². The van der Waals surface area contributed by atoms with Crippen molar-refractivity contribution in [2.75, 3.05) is 14.2 Å². The minimum Gasteiger partial charge on any atom is -0.550 e. The van der Waals surface area contributed by atoms with E-state index in [0.717, 1.165) is 5.56 Å². The fourth-order valence-corrected chi connectivity index (χ4v) is 3.21. The predicted molar refractivity (Wildman–Crippen MR) is 73.0 cm³/mol. The lowest BCUT2D eigenvalue weighted by Gasteiger charge is -2.27. The van der Waals surface area contributed by atoms with Crippen molar-refractivity contribution >= 4 is 27.7 Å². The summed E-state index contributed by atoms with van der Waals surface area (Å²) in [4.78, 5) is 23.0. The van der Waals surface area contributed by atoms with Gasteiger partial charge in [0, 0.05) is 18.5 Å². The standard InChI is InChI=1S/C14H15BrO5/c1-19-10-6-11(20-2)14(15)8-3-7(5-12(17)18)4-9(16)13(8)10/h6-7H,3-5H2,1-2H3,(H,17,18)/p-1/t7-/m1/s1. The predicted octanol–water partition coefficient (Wildman–Crippen LogP) is 1.35. The summed E-state index contributed by atoms with van der Waals surface area (Å²) in [6.07, 6.45) is 0.538. The van der Waals surface area contributed by atoms with Gasteiger partial charge in [-0.25, -0.2) is 0 Å². The number of benzene rings is 1. The summed E-state index contributed by atoms with van der Waals surface area (Å²) in [5.74, 6) is -0.498. The highest BCUT2D eigenvalue weighted by molar-refractivity contribution is 9.10. The number of rotatable bonds is 4. The van der Waals surface area contributed by atoms with E-state index in [9.17, 15) is 14.7 Å². The number of halogens is 1. The normalized spacial score (nSPS) is 17.6. The topological polar surface area (TPSA) is 75.7 Å². The quantitative estimate of drug-likeness (QED) is 0.826. The lowest BCUT2D eigenvalue weighted by Crippen LogP contribution is -2.29. The number of ether oxygens (including phenoxy) is 2. The Morgan fingerprint density at radius 3 is 2.55 bits per heavy atom. The number of fused-ring (bicyclic) bond motifs is 1. The Kier molecular flexibility index (Phi) is 4.32. The average Bonchev–Trinajstić information content (AvgIpc) is 2.39. The highest BCUT2D eigenvalue weighted by atomic mass is 79.9. The van der Waals surface area contributed by atoms with E-state index < -0.39 is 5.97 Å². The van der Waals surface area contributed by atoms with Gasteiger partial charge in [-0.1, -0.05) is 0 Å². The van der Waals surface area contributed by atoms with Gasteiger partial charge in [0.2, 0.25) is 0 Å². The van der Waals surface area contributed by atoms with Crippen LogP contribution < -0.4 is 14.6 Å². The molecule has 108 valence electrons. The van der Waals surface area contributed by atoms with Crippen LogP contribution in [0.1, 0.15) is 28.8 Å². The summed E-state index contributed by atoms with van der Waals surface area (Å²) in [5, 5.41) is 10.7. The first-order chi connectivity index (χ1) is 9.47. The van der Waals surface area contributed by atoms with Crippen LogP contribution in [-0.4, -0.2) is 26.0 Å². The molecular weight excluding hydrogens is 328 g/mol. The number of carboxylic acid groups (broad SMARTS) is 1. The summed E-state index contributed by atoms with van der Waals surface area (Å²) in [7, 11) is 3.01. The van der Waals surface area contributed by atoms with Crippen molar-refractivity contribution in [3.8, 4) is 11.5 Å². The number of methoxy groups -OCH3 is 2. The summed E-state index contributed by atoms with van der Waals surface area (Å²) in [6.45, 7) is 0. The molecule has 0 saturated carbocycles. The van der Waals surface area contributed by atoms with Crippen LogP contribution in [0.4, 0.5) is 0 Å². The van der Waals surface area contributed by atoms with Gasteiger partial charge in [-0.3, -0.25) is 4.79 Å². The molecular formula is C14H14BrO5-. The Labute approximate surface area is 125 Å². The van der Waals surface area contributed by atoms with Crippen LogP contribution in [0.15, 0.2) is 10.5 Å². The molecule has 0 radical (unpaired) electrons. The SMILES string of the molecule is COc1cc(OC)c2c(c1Br)C[C@@H](CC(=O)[O-])CC2=O. The fourth-order valence-electron chi connectivity index (χ4n) is 2.57. The van der Waals surface area contributed by atoms with E-state index in [0.29, 0.717) is 28.0 Å². The average molecular weight is 342 g/mol. The minimum absolute atomic E-state index is 0.113. The van der Waals surface area contributed by atoms with E-state index in [-0.39, 0.29) is 24.5 Å². The zero-order valence-corrected chi connectivity index (χ0v) is 12.8. The molecule has 1 aromatic rings. The molecule has 1 aliphatic carbocycles. The second-order valence-electron chi connectivity index (χ2n) is 4.72. The molecule has 0 fully saturated rings. The minimum atomic E-state index is -1.14. The molecule has 1 aliphatic rings. The molecule has 0 N–H and O–H groups in total. The summed E-state index contributed by atoms with van der Waals surface area (Å²) < 4.78 is 11.2. The lowest BCUT2D eigenvalue weighted by atomic mass is 9.81. The molecule has 0 aromatic heterocycles. The molecule has 1 atom stereocenters. The van der Waals surface area contributed by atoms with Crippen LogP contribution in [0, 0.1) is 5.92 Å². The Balaban J connectivity index is 2.51. The van der Waals surface area contributed by atoms with Gasteiger partial charge < -0.3 is 19.4 Å². The van der Waals surface area contributed by atoms with Crippen molar-refractivity contribution in [2.24, 2.45) is 5.92 Å². The van der Waals surface area contributed by atoms with E-state index in [1.165, 1.54) is 14.2 Å². The molecule has 6 heteroatoms. The molecule has 0 heterocycles. The molecule has 5 nitrogen and oxygen atoms in total. The molecule has 0 aliphatic heterocycles. The maximum absolute atomic E-state index is 12.3. The zero-order valence-electron chi connectivity index (χ0n) is 11.2. The molecule has 0 spiro atoms. The third kappa shape index (κ3) is 2.65. The van der Waals surface area contributed by atoms with Crippen LogP contribution in [0.5, 0.6) is 11.5 Å². The van der Waals surface area contributed by atoms with Crippen molar-refractivity contribution in [3.63, 3.8) is 0 Å². The summed E-state index contributed by atoms with van der Waals surface area (Å²) >= 11 is 3.42. The third-order valence-electron chi connectivity index (χ3n) is 3.43. The Morgan fingerprint density at radius 2 is 2.00 bits per heavy atom. The van der Waals surface area contributed by atoms with Crippen molar-refractivity contribution in [2.45, 2.75) is 19.3 Å². The van der Waals surface area contributed by atoms with Crippen LogP contribution in [0.3, 0.4) is 0 Å². The number of Topliss-reactive ketones (excluding diaryl/α,β-unsaturated/α-hetero) is 1. The Morgan fingerprint density at radius 1 is 1.35 bits per heavy atom. The second-order valence-corrected chi connectivity index (χ2v) is 5.52. The van der Waals surface area contributed by atoms with Crippen molar-refractivity contribution in [1.29, 1.82) is 0 Å². The van der Waals surface area contributed by atoms with Gasteiger partial charge in [0.1, 0.15) is 11.5 Å². The molecule has 0 bridgehead atoms. The summed E-state index contributed by atoms with van der Waals surface area (Å²) in [5.41, 5.74) is 1.25. The van der Waals surface area contributed by atoms with Gasteiger partial charge in [-0.05, 0) is 40.3 Å². The largest absolute Gasteiger partial charge is 0.550 e. The number of aliphatic carboxylic acids is 1. The number of carbonyl (C=O) groups is 2. The van der Waals surface area contributed by atoms with Crippen LogP contribution >= 0.6 is 15.9 Å². The van der Waals surface area contributed by atoms with Gasteiger partial charge in [0.05, 0.1) is 24.3 Å². The second kappa shape index (κ2) is 5.83. The fraction of sp³-hybridized carbons (Fsp3) is 0.429. The van der Waals surface area contributed by atoms with E-state index in [4.69, 9.17) is 9.47 Å². The van der Waals surface area contributed by atoms with E-state index in [1.807, 2.05) is 0 Å². The van der Waals surface area contributed by atoms with E-state index in [2.05, 4.69) is 15.9 Å². The van der Waals surface area contributed by atoms with Crippen molar-refractivity contribution in [3.05, 3.63) is 21.7 Å². The maximum atomic E-state index is 12.3. The van der Waals surface area contributed by atoms with Gasteiger partial charge in [0.25, 0.3) is 0 Å². The van der Waals surface area contributed by atoms with Crippen molar-refractivity contribution in [1.82, 2.24) is 0 Å². The van der Waals surface area contributed by atoms with E-state index >= 15 is 0 Å². The molecule has 0 amide bonds. The highest BCUT2D eigenvalue weighted by Crippen LogP contribution is 2.42. The first-order valence-corrected chi connectivity index (χ1v) is 6.93. The Bertz CT molecular complexity index is 567. The van der Waals surface area contributed by atoms with Gasteiger partial charge in [-0.15, -0.1) is 0 Å². The van der Waals surface area contributed by atoms with Crippen molar-refractivity contribution < 1.29 is 24.2 Å². The van der Waals surface area contributed by atoms with Gasteiger partial charge in [-0.2, -0.15) is 0 Å². The first kappa shape index (κ1) is 14.8. The first-order valence-electron chi connectivity index (χ1n) is 6.14. The highest BCUT2D eigenvalue weighted by Gasteiger charge is 2.31. The van der Waals surface area contributed by atoms with Crippen LogP contribution in [0.25, 0.3) is 0 Å². The monoisotopic (exact) mass is 341 g/mol. The number of carboxylic acids is 1. The smallest absolute Gasteiger partial charge is 0.167 e. The van der Waals surface area contributed by atoms with Gasteiger partial charge in [0.15, 0.2) is 5.78 Å². The lowest BCUT2D eigenvalue weighted by molar-refractivity contribution is -0.306. The molecule has 1 aromatic carbocycles. The molecule has 2 rings (SSSR count). The molecule has 0 saturated heterocycles. The summed E-state index contributed by atoms with van der Waals surface area (Å²) in [6, 6.07) is 1.65. The number of hydrogen-bond donors (Lipinski definition) is 0.